The van der Waals surface area contributed by atoms with Crippen LogP contribution >= 0.6 is 0 Å². The van der Waals surface area contributed by atoms with Gasteiger partial charge in [0.15, 0.2) is 0 Å². The number of rotatable bonds is 4. The SMILES string of the molecule is COC1(CNC(=O)C(=O)Nc2ccccc2C)C2CC3CC(C2)CC1C3. The average molecular weight is 356 g/mol. The van der Waals surface area contributed by atoms with Crippen LogP contribution in [0.5, 0.6) is 0 Å². The fourth-order valence-electron chi connectivity index (χ4n) is 5.87. The van der Waals surface area contributed by atoms with Gasteiger partial charge in [0, 0.05) is 19.3 Å². The van der Waals surface area contributed by atoms with Crippen LogP contribution in [0.3, 0.4) is 0 Å². The van der Waals surface area contributed by atoms with Crippen LogP contribution in [-0.4, -0.2) is 31.1 Å². The second kappa shape index (κ2) is 6.69. The van der Waals surface area contributed by atoms with Gasteiger partial charge in [0.05, 0.1) is 5.60 Å². The molecule has 0 aromatic heterocycles. The highest BCUT2D eigenvalue weighted by Gasteiger charge is 2.57. The van der Waals surface area contributed by atoms with Crippen molar-refractivity contribution in [1.29, 1.82) is 0 Å². The lowest BCUT2D eigenvalue weighted by atomic mass is 9.49. The van der Waals surface area contributed by atoms with Gasteiger partial charge >= 0.3 is 11.8 Å². The van der Waals surface area contributed by atoms with Crippen molar-refractivity contribution in [3.63, 3.8) is 0 Å². The average Bonchev–Trinajstić information content (AvgIpc) is 2.63. The van der Waals surface area contributed by atoms with E-state index in [-0.39, 0.29) is 5.60 Å². The summed E-state index contributed by atoms with van der Waals surface area (Å²) < 4.78 is 6.04. The van der Waals surface area contributed by atoms with Crippen LogP contribution in [0.4, 0.5) is 5.69 Å². The van der Waals surface area contributed by atoms with E-state index < -0.39 is 11.8 Å². The molecule has 140 valence electrons. The number of hydrogen-bond acceptors (Lipinski definition) is 3. The molecule has 0 unspecified atom stereocenters. The maximum Gasteiger partial charge on any atom is 0.313 e. The Bertz CT molecular complexity index is 687. The lowest BCUT2D eigenvalue weighted by Crippen LogP contribution is -2.63. The number of carbonyl (C=O) groups is 2. The smallest absolute Gasteiger partial charge is 0.313 e. The minimum atomic E-state index is -0.616. The number of anilines is 1. The zero-order valence-electron chi connectivity index (χ0n) is 15.6. The molecule has 4 aliphatic carbocycles. The van der Waals surface area contributed by atoms with Gasteiger partial charge in [0.25, 0.3) is 0 Å². The summed E-state index contributed by atoms with van der Waals surface area (Å²) in [6, 6.07) is 7.45. The molecular weight excluding hydrogens is 328 g/mol. The second-order valence-electron chi connectivity index (χ2n) is 8.42. The molecule has 4 bridgehead atoms. The highest BCUT2D eigenvalue weighted by atomic mass is 16.5. The van der Waals surface area contributed by atoms with Crippen molar-refractivity contribution in [2.24, 2.45) is 23.7 Å². The molecule has 2 amide bonds. The number of ether oxygens (including phenoxy) is 1. The van der Waals surface area contributed by atoms with Crippen molar-refractivity contribution >= 4 is 17.5 Å². The number of aryl methyl sites for hydroxylation is 1. The largest absolute Gasteiger partial charge is 0.376 e. The van der Waals surface area contributed by atoms with Crippen molar-refractivity contribution in [1.82, 2.24) is 5.32 Å². The van der Waals surface area contributed by atoms with Crippen LogP contribution in [0.2, 0.25) is 0 Å². The van der Waals surface area contributed by atoms with Crippen LogP contribution in [0.1, 0.15) is 37.7 Å². The van der Waals surface area contributed by atoms with Crippen molar-refractivity contribution in [2.75, 3.05) is 19.0 Å². The van der Waals surface area contributed by atoms with E-state index in [1.54, 1.807) is 13.2 Å². The molecule has 0 radical (unpaired) electrons. The zero-order valence-corrected chi connectivity index (χ0v) is 15.6. The van der Waals surface area contributed by atoms with E-state index >= 15 is 0 Å². The maximum atomic E-state index is 12.4. The first-order valence-corrected chi connectivity index (χ1v) is 9.71. The topological polar surface area (TPSA) is 67.4 Å². The molecule has 5 rings (SSSR count). The highest BCUT2D eigenvalue weighted by molar-refractivity contribution is 6.39. The van der Waals surface area contributed by atoms with Gasteiger partial charge in [-0.1, -0.05) is 18.2 Å². The molecular formula is C21H28N2O3. The minimum Gasteiger partial charge on any atom is -0.376 e. The van der Waals surface area contributed by atoms with Crippen molar-refractivity contribution in [2.45, 2.75) is 44.6 Å². The van der Waals surface area contributed by atoms with Crippen LogP contribution in [0, 0.1) is 30.6 Å². The zero-order chi connectivity index (χ0) is 18.3. The van der Waals surface area contributed by atoms with Crippen LogP contribution < -0.4 is 10.6 Å². The molecule has 0 saturated heterocycles. The molecule has 0 spiro atoms. The van der Waals surface area contributed by atoms with Gasteiger partial charge < -0.3 is 15.4 Å². The van der Waals surface area contributed by atoms with Gasteiger partial charge in [-0.15, -0.1) is 0 Å². The summed E-state index contributed by atoms with van der Waals surface area (Å²) in [4.78, 5) is 24.6. The van der Waals surface area contributed by atoms with Crippen molar-refractivity contribution in [3.8, 4) is 0 Å². The molecule has 4 aliphatic rings. The Balaban J connectivity index is 1.40. The van der Waals surface area contributed by atoms with Crippen molar-refractivity contribution < 1.29 is 14.3 Å². The van der Waals surface area contributed by atoms with Crippen LogP contribution in [0.15, 0.2) is 24.3 Å². The lowest BCUT2D eigenvalue weighted by molar-refractivity contribution is -0.188. The monoisotopic (exact) mass is 356 g/mol. The maximum absolute atomic E-state index is 12.4. The van der Waals surface area contributed by atoms with Gasteiger partial charge in [-0.25, -0.2) is 0 Å². The molecule has 0 atom stereocenters. The van der Waals surface area contributed by atoms with E-state index in [0.717, 1.165) is 17.4 Å². The minimum absolute atomic E-state index is 0.300. The Morgan fingerprint density at radius 1 is 1.04 bits per heavy atom. The Kier molecular flexibility index (Phi) is 4.51. The predicted octanol–water partition coefficient (Wildman–Crippen LogP) is 2.89. The number of amides is 2. The molecule has 2 N–H and O–H groups in total. The standard InChI is InChI=1S/C21H28N2O3/c1-13-5-3-4-6-18(13)23-20(25)19(24)22-12-21(26-2)16-8-14-7-15(10-16)11-17(21)9-14/h3-6,14-17H,7-12H2,1-2H3,(H,22,24)(H,23,25). The summed E-state index contributed by atoms with van der Waals surface area (Å²) in [6.07, 6.45) is 6.18. The number of carbonyl (C=O) groups excluding carboxylic acids is 2. The summed E-state index contributed by atoms with van der Waals surface area (Å²) in [7, 11) is 1.77. The Labute approximate surface area is 154 Å². The van der Waals surface area contributed by atoms with Gasteiger partial charge in [-0.05, 0) is 74.3 Å². The number of benzene rings is 1. The quantitative estimate of drug-likeness (QED) is 0.815. The third-order valence-electron chi connectivity index (χ3n) is 7.02. The summed E-state index contributed by atoms with van der Waals surface area (Å²) in [5, 5.41) is 5.57. The Morgan fingerprint density at radius 2 is 1.65 bits per heavy atom. The van der Waals surface area contributed by atoms with Crippen LogP contribution in [0.25, 0.3) is 0 Å². The van der Waals surface area contributed by atoms with E-state index in [2.05, 4.69) is 10.6 Å². The molecule has 1 aromatic rings. The molecule has 5 nitrogen and oxygen atoms in total. The van der Waals surface area contributed by atoms with Gasteiger partial charge in [0.2, 0.25) is 0 Å². The number of para-hydroxylation sites is 1. The number of nitrogens with one attached hydrogen (secondary N) is 2. The Morgan fingerprint density at radius 3 is 2.23 bits per heavy atom. The second-order valence-corrected chi connectivity index (χ2v) is 8.42. The van der Waals surface area contributed by atoms with Crippen LogP contribution in [-0.2, 0) is 14.3 Å². The van der Waals surface area contributed by atoms with Crippen molar-refractivity contribution in [3.05, 3.63) is 29.8 Å². The fourth-order valence-corrected chi connectivity index (χ4v) is 5.87. The third-order valence-corrected chi connectivity index (χ3v) is 7.02. The molecule has 5 heteroatoms. The summed E-state index contributed by atoms with van der Waals surface area (Å²) in [5.41, 5.74) is 1.30. The van der Waals surface area contributed by atoms with E-state index in [1.165, 1.54) is 32.1 Å². The molecule has 4 fully saturated rings. The lowest BCUT2D eigenvalue weighted by Gasteiger charge is -2.60. The summed E-state index contributed by atoms with van der Waals surface area (Å²) in [6.45, 7) is 2.33. The van der Waals surface area contributed by atoms with Gasteiger partial charge in [-0.3, -0.25) is 9.59 Å². The van der Waals surface area contributed by atoms with Gasteiger partial charge in [-0.2, -0.15) is 0 Å². The first kappa shape index (κ1) is 17.5. The summed E-state index contributed by atoms with van der Waals surface area (Å²) >= 11 is 0. The molecule has 0 heterocycles. The Hall–Kier alpha value is -1.88. The first-order valence-electron chi connectivity index (χ1n) is 9.71. The molecule has 4 saturated carbocycles. The first-order chi connectivity index (χ1) is 12.5. The van der Waals surface area contributed by atoms with Gasteiger partial charge in [0.1, 0.15) is 0 Å². The normalized spacial score (nSPS) is 34.5. The van der Waals surface area contributed by atoms with E-state index in [4.69, 9.17) is 4.74 Å². The third kappa shape index (κ3) is 2.92. The molecule has 26 heavy (non-hydrogen) atoms. The molecule has 1 aromatic carbocycles. The number of methoxy groups -OCH3 is 1. The predicted molar refractivity (Wildman–Crippen MR) is 99.6 cm³/mol. The molecule has 0 aliphatic heterocycles. The number of hydrogen-bond donors (Lipinski definition) is 2. The van der Waals surface area contributed by atoms with E-state index in [1.807, 2.05) is 25.1 Å². The fraction of sp³-hybridized carbons (Fsp3) is 0.619. The van der Waals surface area contributed by atoms with E-state index in [9.17, 15) is 9.59 Å². The van der Waals surface area contributed by atoms with E-state index in [0.29, 0.717) is 24.1 Å². The highest BCUT2D eigenvalue weighted by Crippen LogP contribution is 2.59. The summed E-state index contributed by atoms with van der Waals surface area (Å²) in [5.74, 6) is 1.47.